The first-order valence-corrected chi connectivity index (χ1v) is 7.02. The lowest BCUT2D eigenvalue weighted by molar-refractivity contribution is -0.121. The van der Waals surface area contributed by atoms with E-state index in [-0.39, 0.29) is 11.9 Å². The fraction of sp³-hybridized carbons (Fsp3) is 0.667. The molecule has 0 aromatic carbocycles. The van der Waals surface area contributed by atoms with Gasteiger partial charge in [0.2, 0.25) is 5.91 Å². The zero-order valence-corrected chi connectivity index (χ0v) is 11.8. The quantitative estimate of drug-likeness (QED) is 0.870. The second-order valence-corrected chi connectivity index (χ2v) is 5.53. The largest absolute Gasteiger partial charge is 0.352 e. The summed E-state index contributed by atoms with van der Waals surface area (Å²) in [5.74, 6) is 0.295. The molecule has 1 atom stereocenters. The van der Waals surface area contributed by atoms with Crippen LogP contribution < -0.4 is 5.32 Å². The molecule has 1 saturated carbocycles. The van der Waals surface area contributed by atoms with Gasteiger partial charge in [-0.2, -0.15) is 0 Å². The fourth-order valence-corrected chi connectivity index (χ4v) is 2.68. The Bertz CT molecular complexity index is 427. The Morgan fingerprint density at radius 2 is 2.17 bits per heavy atom. The summed E-state index contributed by atoms with van der Waals surface area (Å²) in [5.41, 5.74) is 0. The Morgan fingerprint density at radius 3 is 2.72 bits per heavy atom. The van der Waals surface area contributed by atoms with Crippen molar-refractivity contribution < 1.29 is 4.79 Å². The molecular formula is C12H17Cl2N3O. The van der Waals surface area contributed by atoms with Crippen molar-refractivity contribution in [1.29, 1.82) is 0 Å². The normalized spacial score (nSPS) is 18.6. The van der Waals surface area contributed by atoms with E-state index in [1.807, 2.05) is 0 Å². The molecule has 1 aromatic rings. The number of amides is 1. The molecule has 4 nitrogen and oxygen atoms in total. The van der Waals surface area contributed by atoms with Gasteiger partial charge in [0, 0.05) is 13.1 Å². The standard InChI is InChI=1S/C12H17Cl2N3O/c1-17-9(13)7-15-11(17)10(14)12(18)16-8-5-3-2-4-6-8/h7-8,10H,2-6H2,1H3,(H,16,18). The molecule has 6 heteroatoms. The number of nitrogens with zero attached hydrogens (tertiary/aromatic N) is 2. The molecular weight excluding hydrogens is 273 g/mol. The summed E-state index contributed by atoms with van der Waals surface area (Å²) in [6.45, 7) is 0. The van der Waals surface area contributed by atoms with Crippen molar-refractivity contribution in [3.63, 3.8) is 0 Å². The number of nitrogens with one attached hydrogen (secondary N) is 1. The Kier molecular flexibility index (Phi) is 4.51. The molecule has 1 fully saturated rings. The number of carbonyl (C=O) groups excluding carboxylic acids is 1. The average Bonchev–Trinajstić information content (AvgIpc) is 2.70. The summed E-state index contributed by atoms with van der Waals surface area (Å²) in [6, 6.07) is 0.253. The van der Waals surface area contributed by atoms with Crippen molar-refractivity contribution in [3.8, 4) is 0 Å². The third-order valence-electron chi connectivity index (χ3n) is 3.38. The maximum Gasteiger partial charge on any atom is 0.246 e. The van der Waals surface area contributed by atoms with Crippen LogP contribution in [0.4, 0.5) is 0 Å². The van der Waals surface area contributed by atoms with Crippen LogP contribution in [0.25, 0.3) is 0 Å². The van der Waals surface area contributed by atoms with E-state index in [4.69, 9.17) is 23.2 Å². The summed E-state index contributed by atoms with van der Waals surface area (Å²) in [4.78, 5) is 16.1. The summed E-state index contributed by atoms with van der Waals surface area (Å²) in [7, 11) is 1.74. The van der Waals surface area contributed by atoms with Crippen LogP contribution in [-0.4, -0.2) is 21.5 Å². The van der Waals surface area contributed by atoms with Gasteiger partial charge in [-0.15, -0.1) is 11.6 Å². The first-order chi connectivity index (χ1) is 8.59. The van der Waals surface area contributed by atoms with E-state index in [9.17, 15) is 4.79 Å². The van der Waals surface area contributed by atoms with Crippen molar-refractivity contribution in [1.82, 2.24) is 14.9 Å². The third kappa shape index (κ3) is 2.98. The Hall–Kier alpha value is -0.740. The minimum Gasteiger partial charge on any atom is -0.352 e. The van der Waals surface area contributed by atoms with Crippen LogP contribution in [0.15, 0.2) is 6.20 Å². The molecule has 1 aliphatic rings. The highest BCUT2D eigenvalue weighted by atomic mass is 35.5. The van der Waals surface area contributed by atoms with Gasteiger partial charge >= 0.3 is 0 Å². The Morgan fingerprint density at radius 1 is 1.50 bits per heavy atom. The molecule has 0 radical (unpaired) electrons. The predicted molar refractivity (Wildman–Crippen MR) is 71.8 cm³/mol. The van der Waals surface area contributed by atoms with Crippen molar-refractivity contribution in [2.75, 3.05) is 0 Å². The van der Waals surface area contributed by atoms with Gasteiger partial charge in [-0.25, -0.2) is 4.98 Å². The second kappa shape index (κ2) is 5.93. The van der Waals surface area contributed by atoms with Crippen LogP contribution >= 0.6 is 23.2 Å². The zero-order valence-electron chi connectivity index (χ0n) is 10.3. The first-order valence-electron chi connectivity index (χ1n) is 6.21. The molecule has 1 N–H and O–H groups in total. The number of hydrogen-bond donors (Lipinski definition) is 1. The second-order valence-electron chi connectivity index (χ2n) is 4.70. The van der Waals surface area contributed by atoms with Gasteiger partial charge in [0.1, 0.15) is 11.0 Å². The number of aromatic nitrogens is 2. The molecule has 100 valence electrons. The number of alkyl halides is 1. The van der Waals surface area contributed by atoms with E-state index in [0.29, 0.717) is 11.0 Å². The van der Waals surface area contributed by atoms with Gasteiger partial charge in [-0.1, -0.05) is 30.9 Å². The van der Waals surface area contributed by atoms with E-state index < -0.39 is 5.38 Å². The SMILES string of the molecule is Cn1c(Cl)cnc1C(Cl)C(=O)NC1CCCCC1. The van der Waals surface area contributed by atoms with Crippen molar-refractivity contribution in [2.24, 2.45) is 7.05 Å². The number of rotatable bonds is 3. The lowest BCUT2D eigenvalue weighted by Gasteiger charge is -2.23. The fourth-order valence-electron chi connectivity index (χ4n) is 2.28. The zero-order chi connectivity index (χ0) is 13.1. The van der Waals surface area contributed by atoms with E-state index in [1.165, 1.54) is 25.5 Å². The maximum absolute atomic E-state index is 12.0. The number of halogens is 2. The molecule has 0 saturated heterocycles. The minimum absolute atomic E-state index is 0.186. The molecule has 0 spiro atoms. The Labute approximate surface area is 117 Å². The molecule has 0 aliphatic heterocycles. The molecule has 1 heterocycles. The summed E-state index contributed by atoms with van der Waals surface area (Å²) >= 11 is 12.0. The van der Waals surface area contributed by atoms with Gasteiger partial charge in [0.25, 0.3) is 0 Å². The molecule has 18 heavy (non-hydrogen) atoms. The molecule has 1 unspecified atom stereocenters. The van der Waals surface area contributed by atoms with Crippen LogP contribution in [-0.2, 0) is 11.8 Å². The average molecular weight is 290 g/mol. The van der Waals surface area contributed by atoms with Crippen LogP contribution in [0.3, 0.4) is 0 Å². The van der Waals surface area contributed by atoms with Gasteiger partial charge in [-0.3, -0.25) is 4.79 Å². The maximum atomic E-state index is 12.0. The van der Waals surface area contributed by atoms with Crippen molar-refractivity contribution >= 4 is 29.1 Å². The summed E-state index contributed by atoms with van der Waals surface area (Å²) in [5, 5.41) is 2.67. The van der Waals surface area contributed by atoms with Crippen molar-refractivity contribution in [2.45, 2.75) is 43.5 Å². The van der Waals surface area contributed by atoms with E-state index >= 15 is 0 Å². The van der Waals surface area contributed by atoms with Gasteiger partial charge in [-0.05, 0) is 12.8 Å². The van der Waals surface area contributed by atoms with Crippen LogP contribution in [0, 0.1) is 0 Å². The summed E-state index contributed by atoms with van der Waals surface area (Å²) < 4.78 is 1.62. The molecule has 0 bridgehead atoms. The molecule has 1 amide bonds. The summed E-state index contributed by atoms with van der Waals surface area (Å²) in [6.07, 6.45) is 7.18. The number of hydrogen-bond acceptors (Lipinski definition) is 2. The first kappa shape index (κ1) is 13.7. The minimum atomic E-state index is -0.788. The lowest BCUT2D eigenvalue weighted by Crippen LogP contribution is -2.38. The van der Waals surface area contributed by atoms with E-state index in [2.05, 4.69) is 10.3 Å². The monoisotopic (exact) mass is 289 g/mol. The molecule has 2 rings (SSSR count). The highest BCUT2D eigenvalue weighted by Crippen LogP contribution is 2.23. The van der Waals surface area contributed by atoms with E-state index in [1.54, 1.807) is 11.6 Å². The van der Waals surface area contributed by atoms with Gasteiger partial charge < -0.3 is 9.88 Å². The highest BCUT2D eigenvalue weighted by molar-refractivity contribution is 6.31. The van der Waals surface area contributed by atoms with Crippen LogP contribution in [0.5, 0.6) is 0 Å². The Balaban J connectivity index is 1.98. The smallest absolute Gasteiger partial charge is 0.246 e. The topological polar surface area (TPSA) is 46.9 Å². The molecule has 1 aromatic heterocycles. The van der Waals surface area contributed by atoms with Gasteiger partial charge in [0.05, 0.1) is 6.20 Å². The van der Waals surface area contributed by atoms with Crippen LogP contribution in [0.2, 0.25) is 5.15 Å². The van der Waals surface area contributed by atoms with Crippen LogP contribution in [0.1, 0.15) is 43.3 Å². The lowest BCUT2D eigenvalue weighted by atomic mass is 9.95. The van der Waals surface area contributed by atoms with Gasteiger partial charge in [0.15, 0.2) is 5.38 Å². The molecule has 1 aliphatic carbocycles. The van der Waals surface area contributed by atoms with Crippen molar-refractivity contribution in [3.05, 3.63) is 17.2 Å². The van der Waals surface area contributed by atoms with E-state index in [0.717, 1.165) is 12.8 Å². The third-order valence-corrected chi connectivity index (χ3v) is 4.12. The number of imidazole rings is 1. The predicted octanol–water partition coefficient (Wildman–Crippen LogP) is 2.80. The highest BCUT2D eigenvalue weighted by Gasteiger charge is 2.25. The number of carbonyl (C=O) groups is 1.